The van der Waals surface area contributed by atoms with E-state index in [0.29, 0.717) is 0 Å². The van der Waals surface area contributed by atoms with Gasteiger partial charge in [0.2, 0.25) is 0 Å². The Labute approximate surface area is 118 Å². The summed E-state index contributed by atoms with van der Waals surface area (Å²) >= 11 is 5.93. The summed E-state index contributed by atoms with van der Waals surface area (Å²) in [6, 6.07) is 7.88. The molecule has 1 N–H and O–H groups in total. The molecule has 1 aromatic carbocycles. The number of guanidine groups is 1. The van der Waals surface area contributed by atoms with Gasteiger partial charge in [-0.2, -0.15) is 0 Å². The van der Waals surface area contributed by atoms with Crippen LogP contribution in [0.2, 0.25) is 5.02 Å². The molecule has 0 aromatic heterocycles. The minimum Gasteiger partial charge on any atom is -0.352 e. The van der Waals surface area contributed by atoms with E-state index in [0.717, 1.165) is 37.2 Å². The van der Waals surface area contributed by atoms with Crippen LogP contribution < -0.4 is 5.32 Å². The molecule has 17 heavy (non-hydrogen) atoms. The Balaban J connectivity index is 0.00000144. The number of aliphatic imine (C=N–C) groups is 1. The van der Waals surface area contributed by atoms with Gasteiger partial charge in [0.1, 0.15) is 0 Å². The lowest BCUT2D eigenvalue weighted by atomic mass is 10.2. The third-order valence-corrected chi connectivity index (χ3v) is 2.89. The predicted octanol–water partition coefficient (Wildman–Crippen LogP) is 2.70. The molecule has 0 bridgehead atoms. The molecule has 0 saturated heterocycles. The Bertz CT molecular complexity index is 395. The average molecular weight is 319 g/mol. The maximum Gasteiger partial charge on any atom is 0.194 e. The zero-order valence-corrected chi connectivity index (χ0v) is 12.3. The summed E-state index contributed by atoms with van der Waals surface area (Å²) < 4.78 is 0. The van der Waals surface area contributed by atoms with Crippen molar-refractivity contribution in [2.45, 2.75) is 13.5 Å². The van der Waals surface area contributed by atoms with Gasteiger partial charge in [-0.15, -0.1) is 17.0 Å². The third kappa shape index (κ3) is 3.89. The van der Waals surface area contributed by atoms with Crippen LogP contribution in [0.3, 0.4) is 0 Å². The Morgan fingerprint density at radius 1 is 1.47 bits per heavy atom. The molecular weight excluding hydrogens is 302 g/mol. The first-order valence-electron chi connectivity index (χ1n) is 5.57. The number of benzene rings is 1. The summed E-state index contributed by atoms with van der Waals surface area (Å²) in [6.07, 6.45) is 0. The van der Waals surface area contributed by atoms with Gasteiger partial charge in [0.25, 0.3) is 0 Å². The second-order valence-electron chi connectivity index (χ2n) is 3.77. The van der Waals surface area contributed by atoms with Gasteiger partial charge in [0.15, 0.2) is 5.96 Å². The van der Waals surface area contributed by atoms with Crippen LogP contribution in [-0.4, -0.2) is 30.5 Å². The zero-order chi connectivity index (χ0) is 11.4. The van der Waals surface area contributed by atoms with Gasteiger partial charge in [-0.25, -0.2) is 0 Å². The molecule has 0 amide bonds. The molecule has 0 fully saturated rings. The largest absolute Gasteiger partial charge is 0.352 e. The van der Waals surface area contributed by atoms with Gasteiger partial charge >= 0.3 is 0 Å². The van der Waals surface area contributed by atoms with E-state index in [1.807, 2.05) is 18.2 Å². The highest BCUT2D eigenvalue weighted by molar-refractivity contribution is 8.93. The minimum absolute atomic E-state index is 0. The Kier molecular flexibility index (Phi) is 5.78. The standard InChI is InChI=1S/C12H16ClN3.BrH/c1-2-16-7-6-14-12(16)15-9-10-4-3-5-11(13)8-10;/h3-5,8H,2,6-7,9H2,1H3,(H,14,15);1H. The van der Waals surface area contributed by atoms with Gasteiger partial charge in [0, 0.05) is 24.7 Å². The Hall–Kier alpha value is -0.740. The fraction of sp³-hybridized carbons (Fsp3) is 0.417. The van der Waals surface area contributed by atoms with Crippen LogP contribution in [0.25, 0.3) is 0 Å². The molecule has 5 heteroatoms. The highest BCUT2D eigenvalue weighted by Gasteiger charge is 2.13. The molecule has 3 nitrogen and oxygen atoms in total. The van der Waals surface area contributed by atoms with Crippen molar-refractivity contribution in [2.24, 2.45) is 4.99 Å². The van der Waals surface area contributed by atoms with Crippen molar-refractivity contribution in [1.82, 2.24) is 10.2 Å². The SMILES string of the molecule is Br.CCN1CCN=C1NCc1cccc(Cl)c1. The summed E-state index contributed by atoms with van der Waals surface area (Å²) in [6.45, 7) is 5.83. The van der Waals surface area contributed by atoms with Crippen molar-refractivity contribution in [3.05, 3.63) is 34.9 Å². The van der Waals surface area contributed by atoms with Crippen LogP contribution in [0.15, 0.2) is 29.3 Å². The molecule has 0 saturated carbocycles. The highest BCUT2D eigenvalue weighted by atomic mass is 79.9. The number of likely N-dealkylation sites (N-methyl/N-ethyl adjacent to an activating group) is 1. The Morgan fingerprint density at radius 2 is 2.29 bits per heavy atom. The first kappa shape index (κ1) is 14.3. The predicted molar refractivity (Wildman–Crippen MR) is 78.2 cm³/mol. The van der Waals surface area contributed by atoms with Crippen molar-refractivity contribution < 1.29 is 0 Å². The fourth-order valence-corrected chi connectivity index (χ4v) is 2.00. The molecule has 94 valence electrons. The number of hydrogen-bond acceptors (Lipinski definition) is 3. The summed E-state index contributed by atoms with van der Waals surface area (Å²) in [7, 11) is 0. The normalized spacial score (nSPS) is 14.2. The average Bonchev–Trinajstić information content (AvgIpc) is 2.74. The molecular formula is C12H17BrClN3. The molecule has 1 aliphatic heterocycles. The summed E-state index contributed by atoms with van der Waals surface area (Å²) in [5.74, 6) is 1.00. The van der Waals surface area contributed by atoms with Gasteiger partial charge in [-0.1, -0.05) is 23.7 Å². The van der Waals surface area contributed by atoms with E-state index in [-0.39, 0.29) is 17.0 Å². The summed E-state index contributed by atoms with van der Waals surface area (Å²) in [4.78, 5) is 6.66. The first-order valence-corrected chi connectivity index (χ1v) is 5.95. The lowest BCUT2D eigenvalue weighted by molar-refractivity contribution is 0.466. The van der Waals surface area contributed by atoms with E-state index in [1.54, 1.807) is 0 Å². The van der Waals surface area contributed by atoms with E-state index in [2.05, 4.69) is 28.2 Å². The van der Waals surface area contributed by atoms with Gasteiger partial charge in [0.05, 0.1) is 6.54 Å². The monoisotopic (exact) mass is 317 g/mol. The molecule has 1 aromatic rings. The molecule has 0 spiro atoms. The molecule has 0 radical (unpaired) electrons. The van der Waals surface area contributed by atoms with E-state index in [1.165, 1.54) is 5.56 Å². The van der Waals surface area contributed by atoms with Crippen molar-refractivity contribution in [3.8, 4) is 0 Å². The van der Waals surface area contributed by atoms with Crippen LogP contribution in [0.5, 0.6) is 0 Å². The Morgan fingerprint density at radius 3 is 3.00 bits per heavy atom. The molecule has 1 heterocycles. The number of halogens is 2. The number of hydrogen-bond donors (Lipinski definition) is 1. The molecule has 0 atom stereocenters. The van der Waals surface area contributed by atoms with Crippen molar-refractivity contribution in [3.63, 3.8) is 0 Å². The summed E-state index contributed by atoms with van der Waals surface area (Å²) in [5, 5.41) is 4.12. The lowest BCUT2D eigenvalue weighted by Crippen LogP contribution is -2.37. The molecule has 1 aliphatic rings. The van der Waals surface area contributed by atoms with Gasteiger partial charge in [-0.3, -0.25) is 4.99 Å². The van der Waals surface area contributed by atoms with Crippen LogP contribution in [0.4, 0.5) is 0 Å². The molecule has 0 unspecified atom stereocenters. The number of rotatable bonds is 3. The number of nitrogens with one attached hydrogen (secondary N) is 1. The minimum atomic E-state index is 0. The second-order valence-corrected chi connectivity index (χ2v) is 4.20. The van der Waals surface area contributed by atoms with Crippen LogP contribution in [0.1, 0.15) is 12.5 Å². The van der Waals surface area contributed by atoms with Gasteiger partial charge in [-0.05, 0) is 24.6 Å². The van der Waals surface area contributed by atoms with E-state index < -0.39 is 0 Å². The number of nitrogens with zero attached hydrogens (tertiary/aromatic N) is 2. The third-order valence-electron chi connectivity index (χ3n) is 2.65. The van der Waals surface area contributed by atoms with Crippen LogP contribution >= 0.6 is 28.6 Å². The van der Waals surface area contributed by atoms with Crippen molar-refractivity contribution >= 4 is 34.5 Å². The molecule has 0 aliphatic carbocycles. The smallest absolute Gasteiger partial charge is 0.194 e. The second kappa shape index (κ2) is 6.87. The van der Waals surface area contributed by atoms with E-state index in [4.69, 9.17) is 11.6 Å². The van der Waals surface area contributed by atoms with Crippen molar-refractivity contribution in [2.75, 3.05) is 19.6 Å². The van der Waals surface area contributed by atoms with Crippen LogP contribution in [0, 0.1) is 0 Å². The quantitative estimate of drug-likeness (QED) is 0.928. The fourth-order valence-electron chi connectivity index (χ4n) is 1.79. The maximum atomic E-state index is 5.93. The lowest BCUT2D eigenvalue weighted by Gasteiger charge is -2.18. The van der Waals surface area contributed by atoms with E-state index >= 15 is 0 Å². The first-order chi connectivity index (χ1) is 7.79. The summed E-state index contributed by atoms with van der Waals surface area (Å²) in [5.41, 5.74) is 1.18. The zero-order valence-electron chi connectivity index (χ0n) is 9.82. The highest BCUT2D eigenvalue weighted by Crippen LogP contribution is 2.10. The van der Waals surface area contributed by atoms with E-state index in [9.17, 15) is 0 Å². The van der Waals surface area contributed by atoms with Crippen molar-refractivity contribution in [1.29, 1.82) is 0 Å². The van der Waals surface area contributed by atoms with Crippen LogP contribution in [-0.2, 0) is 6.54 Å². The topological polar surface area (TPSA) is 27.6 Å². The molecule has 2 rings (SSSR count). The van der Waals surface area contributed by atoms with Gasteiger partial charge < -0.3 is 10.2 Å². The maximum absolute atomic E-state index is 5.93.